The minimum atomic E-state index is -1.05. The molecule has 3 aromatic rings. The molecule has 0 saturated carbocycles. The van der Waals surface area contributed by atoms with Gasteiger partial charge >= 0.3 is 5.97 Å². The van der Waals surface area contributed by atoms with Gasteiger partial charge in [0.2, 0.25) is 0 Å². The summed E-state index contributed by atoms with van der Waals surface area (Å²) in [5.74, 6) is -0.566. The van der Waals surface area contributed by atoms with E-state index in [2.05, 4.69) is 9.88 Å². The van der Waals surface area contributed by atoms with Crippen molar-refractivity contribution in [1.82, 2.24) is 19.4 Å². The second-order valence-corrected chi connectivity index (χ2v) is 8.51. The highest BCUT2D eigenvalue weighted by Crippen LogP contribution is 2.29. The molecule has 0 atom stereocenters. The summed E-state index contributed by atoms with van der Waals surface area (Å²) < 4.78 is 1.65. The van der Waals surface area contributed by atoms with Crippen LogP contribution in [0.5, 0.6) is 0 Å². The van der Waals surface area contributed by atoms with Crippen LogP contribution in [-0.2, 0) is 13.1 Å². The van der Waals surface area contributed by atoms with E-state index in [-0.39, 0.29) is 12.2 Å². The Bertz CT molecular complexity index is 1090. The van der Waals surface area contributed by atoms with Crippen LogP contribution in [0.2, 0.25) is 15.1 Å². The second kappa shape index (κ2) is 8.94. The number of likely N-dealkylation sites (tertiary alicyclic amines) is 1. The number of imidazole rings is 1. The summed E-state index contributed by atoms with van der Waals surface area (Å²) >= 11 is 18.6. The largest absolute Gasteiger partial charge is 0.477 e. The fourth-order valence-electron chi connectivity index (χ4n) is 3.75. The number of carboxylic acids is 1. The van der Waals surface area contributed by atoms with Crippen molar-refractivity contribution in [2.75, 3.05) is 13.1 Å². The molecule has 1 aliphatic rings. The van der Waals surface area contributed by atoms with Crippen molar-refractivity contribution in [3.63, 3.8) is 0 Å². The molecule has 0 aliphatic carbocycles. The summed E-state index contributed by atoms with van der Waals surface area (Å²) in [5.41, 5.74) is 1.98. The third kappa shape index (κ3) is 4.47. The van der Waals surface area contributed by atoms with E-state index in [0.717, 1.165) is 25.9 Å². The van der Waals surface area contributed by atoms with Crippen LogP contribution in [0.1, 0.15) is 34.6 Å². The molecule has 2 aromatic heterocycles. The van der Waals surface area contributed by atoms with Crippen LogP contribution in [0.3, 0.4) is 0 Å². The Morgan fingerprint density at radius 2 is 1.80 bits per heavy atom. The minimum Gasteiger partial charge on any atom is -0.477 e. The predicted molar refractivity (Wildman–Crippen MR) is 118 cm³/mol. The Kier molecular flexibility index (Phi) is 6.29. The number of hydrogen-bond acceptors (Lipinski definition) is 4. The first-order valence-electron chi connectivity index (χ1n) is 9.52. The van der Waals surface area contributed by atoms with E-state index in [9.17, 15) is 9.90 Å². The molecule has 1 aliphatic heterocycles. The maximum Gasteiger partial charge on any atom is 0.354 e. The van der Waals surface area contributed by atoms with Gasteiger partial charge in [0.1, 0.15) is 5.82 Å². The van der Waals surface area contributed by atoms with Gasteiger partial charge < -0.3 is 9.67 Å². The van der Waals surface area contributed by atoms with Crippen molar-refractivity contribution in [2.24, 2.45) is 0 Å². The van der Waals surface area contributed by atoms with Gasteiger partial charge in [-0.3, -0.25) is 9.88 Å². The minimum absolute atomic E-state index is 0.132. The number of nitrogens with zero attached hydrogens (tertiary/aromatic N) is 4. The van der Waals surface area contributed by atoms with Gasteiger partial charge in [-0.15, -0.1) is 0 Å². The van der Waals surface area contributed by atoms with Gasteiger partial charge in [0.25, 0.3) is 0 Å². The van der Waals surface area contributed by atoms with Gasteiger partial charge in [-0.25, -0.2) is 9.78 Å². The van der Waals surface area contributed by atoms with Crippen LogP contribution >= 0.6 is 34.8 Å². The molecule has 3 heterocycles. The SMILES string of the molecule is O=C(O)c1c(CN2CCCC2)nc(-c2cncc(Cl)c2)n1Cc1cc(Cl)ccc1Cl. The van der Waals surface area contributed by atoms with Crippen molar-refractivity contribution in [2.45, 2.75) is 25.9 Å². The van der Waals surface area contributed by atoms with Gasteiger partial charge in [-0.1, -0.05) is 34.8 Å². The average molecular weight is 466 g/mol. The Morgan fingerprint density at radius 3 is 2.50 bits per heavy atom. The van der Waals surface area contributed by atoms with E-state index < -0.39 is 5.97 Å². The summed E-state index contributed by atoms with van der Waals surface area (Å²) in [6.07, 6.45) is 5.35. The van der Waals surface area contributed by atoms with Crippen molar-refractivity contribution < 1.29 is 9.90 Å². The maximum absolute atomic E-state index is 12.3. The monoisotopic (exact) mass is 464 g/mol. The van der Waals surface area contributed by atoms with Gasteiger partial charge in [-0.05, 0) is 55.8 Å². The van der Waals surface area contributed by atoms with Crippen LogP contribution in [0.4, 0.5) is 0 Å². The summed E-state index contributed by atoms with van der Waals surface area (Å²) in [4.78, 5) is 23.4. The Labute approximate surface area is 189 Å². The first-order valence-corrected chi connectivity index (χ1v) is 10.7. The third-order valence-electron chi connectivity index (χ3n) is 5.11. The Hall–Kier alpha value is -2.12. The van der Waals surface area contributed by atoms with Crippen LogP contribution < -0.4 is 0 Å². The molecule has 0 radical (unpaired) electrons. The fraction of sp³-hybridized carbons (Fsp3) is 0.286. The summed E-state index contributed by atoms with van der Waals surface area (Å²) in [5, 5.41) is 11.5. The molecule has 0 amide bonds. The highest BCUT2D eigenvalue weighted by Gasteiger charge is 2.26. The molecule has 156 valence electrons. The van der Waals surface area contributed by atoms with E-state index in [1.807, 2.05) is 0 Å². The molecule has 30 heavy (non-hydrogen) atoms. The molecule has 1 aromatic carbocycles. The lowest BCUT2D eigenvalue weighted by Crippen LogP contribution is -2.21. The topological polar surface area (TPSA) is 71.2 Å². The van der Waals surface area contributed by atoms with Crippen LogP contribution in [0, 0.1) is 0 Å². The average Bonchev–Trinajstić information content (AvgIpc) is 3.33. The number of hydrogen-bond donors (Lipinski definition) is 1. The van der Waals surface area contributed by atoms with E-state index >= 15 is 0 Å². The maximum atomic E-state index is 12.3. The van der Waals surface area contributed by atoms with Crippen molar-refractivity contribution >= 4 is 40.8 Å². The van der Waals surface area contributed by atoms with Crippen molar-refractivity contribution in [1.29, 1.82) is 0 Å². The molecular weight excluding hydrogens is 447 g/mol. The molecule has 1 saturated heterocycles. The number of halogens is 3. The van der Waals surface area contributed by atoms with Gasteiger partial charge in [0.05, 0.1) is 17.3 Å². The Balaban J connectivity index is 1.86. The van der Waals surface area contributed by atoms with Gasteiger partial charge in [-0.2, -0.15) is 0 Å². The lowest BCUT2D eigenvalue weighted by Gasteiger charge is -2.14. The number of benzene rings is 1. The first kappa shape index (κ1) is 21.1. The molecule has 1 fully saturated rings. The quantitative estimate of drug-likeness (QED) is 0.538. The second-order valence-electron chi connectivity index (χ2n) is 7.23. The smallest absolute Gasteiger partial charge is 0.354 e. The van der Waals surface area contributed by atoms with Crippen LogP contribution in [-0.4, -0.2) is 43.6 Å². The predicted octanol–water partition coefficient (Wildman–Crippen LogP) is 5.25. The summed E-state index contributed by atoms with van der Waals surface area (Å²) in [6.45, 7) is 2.54. The molecule has 0 bridgehead atoms. The number of pyridine rings is 1. The van der Waals surface area contributed by atoms with Gasteiger partial charge in [0.15, 0.2) is 5.69 Å². The highest BCUT2D eigenvalue weighted by atomic mass is 35.5. The number of aromatic carboxylic acids is 1. The standard InChI is InChI=1S/C21H19Cl3N4O2/c22-15-3-4-17(24)14(8-15)11-28-19(21(29)30)18(12-27-5-1-2-6-27)26-20(28)13-7-16(23)10-25-9-13/h3-4,7-10H,1-2,5-6,11-12H2,(H,29,30). The molecule has 6 nitrogen and oxygen atoms in total. The zero-order chi connectivity index (χ0) is 21.3. The molecule has 4 rings (SSSR count). The zero-order valence-corrected chi connectivity index (χ0v) is 18.3. The number of carboxylic acid groups (broad SMARTS) is 1. The fourth-order valence-corrected chi connectivity index (χ4v) is 4.29. The van der Waals surface area contributed by atoms with Crippen molar-refractivity contribution in [3.05, 3.63) is 68.7 Å². The van der Waals surface area contributed by atoms with Crippen molar-refractivity contribution in [3.8, 4) is 11.4 Å². The molecular formula is C21H19Cl3N4O2. The van der Waals surface area contributed by atoms with E-state index in [4.69, 9.17) is 39.8 Å². The first-order chi connectivity index (χ1) is 14.4. The normalized spacial score (nSPS) is 14.4. The summed E-state index contributed by atoms with van der Waals surface area (Å²) in [7, 11) is 0. The zero-order valence-electron chi connectivity index (χ0n) is 16.0. The number of rotatable bonds is 6. The van der Waals surface area contributed by atoms with Gasteiger partial charge in [0, 0.05) is 34.5 Å². The Morgan fingerprint density at radius 1 is 1.03 bits per heavy atom. The molecule has 0 spiro atoms. The number of carbonyl (C=O) groups is 1. The lowest BCUT2D eigenvalue weighted by molar-refractivity contribution is 0.0683. The number of aromatic nitrogens is 3. The molecule has 1 N–H and O–H groups in total. The van der Waals surface area contributed by atoms with Crippen LogP contribution in [0.25, 0.3) is 11.4 Å². The third-order valence-corrected chi connectivity index (χ3v) is 5.92. The summed E-state index contributed by atoms with van der Waals surface area (Å²) in [6, 6.07) is 6.84. The van der Waals surface area contributed by atoms with E-state index in [1.165, 1.54) is 6.20 Å². The molecule has 9 heteroatoms. The van der Waals surface area contributed by atoms with E-state index in [1.54, 1.807) is 35.0 Å². The highest BCUT2D eigenvalue weighted by molar-refractivity contribution is 6.33. The molecule has 0 unspecified atom stereocenters. The van der Waals surface area contributed by atoms with Crippen LogP contribution in [0.15, 0.2) is 36.7 Å². The van der Waals surface area contributed by atoms with E-state index in [0.29, 0.717) is 44.3 Å². The lowest BCUT2D eigenvalue weighted by atomic mass is 10.2.